The third-order valence-electron chi connectivity index (χ3n) is 2.89. The molecule has 18 heavy (non-hydrogen) atoms. The fourth-order valence-electron chi connectivity index (χ4n) is 2.06. The second-order valence-corrected chi connectivity index (χ2v) is 4.10. The van der Waals surface area contributed by atoms with Gasteiger partial charge >= 0.3 is 12.6 Å². The van der Waals surface area contributed by atoms with Crippen molar-refractivity contribution in [3.05, 3.63) is 48.5 Å². The van der Waals surface area contributed by atoms with Gasteiger partial charge in [-0.05, 0) is 24.3 Å². The molecule has 2 heterocycles. The standard InChI is InChI=1S/C14H10O4/c1-2-6-10-9(5-1)15-13(16-10)14-17-11-7-3-4-8-12(11)18-14/h1-8,13-14H. The highest BCUT2D eigenvalue weighted by Gasteiger charge is 2.39. The smallest absolute Gasteiger partial charge is 0.316 e. The van der Waals surface area contributed by atoms with Crippen molar-refractivity contribution in [3.8, 4) is 23.0 Å². The minimum atomic E-state index is -0.574. The number of hydrogen-bond acceptors (Lipinski definition) is 4. The van der Waals surface area contributed by atoms with Crippen molar-refractivity contribution >= 4 is 0 Å². The van der Waals surface area contributed by atoms with Crippen LogP contribution in [0.25, 0.3) is 0 Å². The van der Waals surface area contributed by atoms with Gasteiger partial charge in [0.2, 0.25) is 0 Å². The molecule has 4 nitrogen and oxygen atoms in total. The summed E-state index contributed by atoms with van der Waals surface area (Å²) in [5.74, 6) is 2.85. The van der Waals surface area contributed by atoms with Crippen LogP contribution in [0.3, 0.4) is 0 Å². The van der Waals surface area contributed by atoms with E-state index >= 15 is 0 Å². The predicted molar refractivity (Wildman–Crippen MR) is 63.0 cm³/mol. The molecule has 0 fully saturated rings. The van der Waals surface area contributed by atoms with Crippen LogP contribution < -0.4 is 18.9 Å². The zero-order chi connectivity index (χ0) is 11.9. The van der Waals surface area contributed by atoms with E-state index in [0.29, 0.717) is 23.0 Å². The molecule has 0 saturated carbocycles. The summed E-state index contributed by atoms with van der Waals surface area (Å²) in [7, 11) is 0. The van der Waals surface area contributed by atoms with Crippen molar-refractivity contribution in [3.63, 3.8) is 0 Å². The summed E-state index contributed by atoms with van der Waals surface area (Å²) in [6.07, 6.45) is -1.15. The SMILES string of the molecule is c1ccc2c(c1)OC(C1Oc3ccccc3O1)O2. The molecule has 0 aliphatic carbocycles. The average molecular weight is 242 g/mol. The molecule has 0 saturated heterocycles. The molecule has 0 atom stereocenters. The Hall–Kier alpha value is -2.36. The molecule has 0 bridgehead atoms. The lowest BCUT2D eigenvalue weighted by molar-refractivity contribution is -0.117. The van der Waals surface area contributed by atoms with Gasteiger partial charge in [-0.1, -0.05) is 24.3 Å². The fourth-order valence-corrected chi connectivity index (χ4v) is 2.06. The molecule has 0 aromatic heterocycles. The topological polar surface area (TPSA) is 36.9 Å². The van der Waals surface area contributed by atoms with E-state index in [0.717, 1.165) is 0 Å². The molecule has 90 valence electrons. The van der Waals surface area contributed by atoms with E-state index in [2.05, 4.69) is 0 Å². The Morgan fingerprint density at radius 2 is 0.778 bits per heavy atom. The van der Waals surface area contributed by atoms with Gasteiger partial charge in [-0.2, -0.15) is 0 Å². The van der Waals surface area contributed by atoms with Crippen molar-refractivity contribution in [1.82, 2.24) is 0 Å². The molecule has 4 heteroatoms. The van der Waals surface area contributed by atoms with Crippen LogP contribution in [0.4, 0.5) is 0 Å². The second-order valence-electron chi connectivity index (χ2n) is 4.10. The molecule has 2 aromatic carbocycles. The molecular weight excluding hydrogens is 232 g/mol. The van der Waals surface area contributed by atoms with E-state index in [1.807, 2.05) is 48.5 Å². The molecule has 2 aliphatic heterocycles. The first-order valence-corrected chi connectivity index (χ1v) is 5.75. The Labute approximate surface area is 104 Å². The highest BCUT2D eigenvalue weighted by atomic mass is 16.8. The second kappa shape index (κ2) is 3.57. The normalized spacial score (nSPS) is 17.1. The maximum atomic E-state index is 5.65. The van der Waals surface area contributed by atoms with E-state index in [9.17, 15) is 0 Å². The molecule has 0 amide bonds. The monoisotopic (exact) mass is 242 g/mol. The third-order valence-corrected chi connectivity index (χ3v) is 2.89. The zero-order valence-corrected chi connectivity index (χ0v) is 9.41. The first kappa shape index (κ1) is 9.65. The van der Waals surface area contributed by atoms with Gasteiger partial charge in [0.25, 0.3) is 0 Å². The first-order valence-electron chi connectivity index (χ1n) is 5.75. The molecule has 0 unspecified atom stereocenters. The Balaban J connectivity index is 1.56. The molecule has 0 N–H and O–H groups in total. The molecule has 0 radical (unpaired) electrons. The molecular formula is C14H10O4. The van der Waals surface area contributed by atoms with Crippen molar-refractivity contribution in [1.29, 1.82) is 0 Å². The van der Waals surface area contributed by atoms with E-state index in [1.54, 1.807) is 0 Å². The van der Waals surface area contributed by atoms with Gasteiger partial charge in [0.15, 0.2) is 23.0 Å². The van der Waals surface area contributed by atoms with Gasteiger partial charge in [-0.15, -0.1) is 0 Å². The van der Waals surface area contributed by atoms with Crippen molar-refractivity contribution in [2.75, 3.05) is 0 Å². The maximum Gasteiger partial charge on any atom is 0.316 e. The number of fused-ring (bicyclic) bond motifs is 2. The van der Waals surface area contributed by atoms with Crippen LogP contribution in [-0.2, 0) is 0 Å². The quantitative estimate of drug-likeness (QED) is 0.770. The third kappa shape index (κ3) is 1.39. The lowest BCUT2D eigenvalue weighted by atomic mass is 10.3. The predicted octanol–water partition coefficient (Wildman–Crippen LogP) is 2.58. The highest BCUT2D eigenvalue weighted by Crippen LogP contribution is 2.40. The summed E-state index contributed by atoms with van der Waals surface area (Å²) in [6.45, 7) is 0. The van der Waals surface area contributed by atoms with Gasteiger partial charge in [0, 0.05) is 0 Å². The minimum absolute atomic E-state index is 0.574. The summed E-state index contributed by atoms with van der Waals surface area (Å²) in [5.41, 5.74) is 0. The maximum absolute atomic E-state index is 5.65. The Bertz CT molecular complexity index is 492. The largest absolute Gasteiger partial charge is 0.444 e. The molecule has 0 spiro atoms. The van der Waals surface area contributed by atoms with E-state index in [4.69, 9.17) is 18.9 Å². The fraction of sp³-hybridized carbons (Fsp3) is 0.143. The summed E-state index contributed by atoms with van der Waals surface area (Å²) in [4.78, 5) is 0. The van der Waals surface area contributed by atoms with E-state index in [1.165, 1.54) is 0 Å². The minimum Gasteiger partial charge on any atom is -0.444 e. The number of hydrogen-bond donors (Lipinski definition) is 0. The van der Waals surface area contributed by atoms with Crippen molar-refractivity contribution in [2.24, 2.45) is 0 Å². The lowest BCUT2D eigenvalue weighted by Gasteiger charge is -2.16. The van der Waals surface area contributed by atoms with Gasteiger partial charge in [-0.25, -0.2) is 0 Å². The molecule has 2 aliphatic rings. The van der Waals surface area contributed by atoms with Gasteiger partial charge in [0.05, 0.1) is 0 Å². The van der Waals surface area contributed by atoms with Gasteiger partial charge in [0.1, 0.15) is 0 Å². The summed E-state index contributed by atoms with van der Waals surface area (Å²) in [6, 6.07) is 15.0. The summed E-state index contributed by atoms with van der Waals surface area (Å²) < 4.78 is 22.6. The van der Waals surface area contributed by atoms with E-state index < -0.39 is 12.6 Å². The number of para-hydroxylation sites is 4. The van der Waals surface area contributed by atoms with Crippen LogP contribution in [0.5, 0.6) is 23.0 Å². The Morgan fingerprint density at radius 3 is 1.06 bits per heavy atom. The average Bonchev–Trinajstić information content (AvgIpc) is 3.02. The zero-order valence-electron chi connectivity index (χ0n) is 9.41. The number of benzene rings is 2. The van der Waals surface area contributed by atoms with Crippen LogP contribution >= 0.6 is 0 Å². The number of rotatable bonds is 1. The number of ether oxygens (including phenoxy) is 4. The van der Waals surface area contributed by atoms with Crippen LogP contribution in [0.1, 0.15) is 0 Å². The summed E-state index contributed by atoms with van der Waals surface area (Å²) >= 11 is 0. The molecule has 2 aromatic rings. The first-order chi connectivity index (χ1) is 8.90. The lowest BCUT2D eigenvalue weighted by Crippen LogP contribution is -2.39. The highest BCUT2D eigenvalue weighted by molar-refractivity contribution is 5.44. The van der Waals surface area contributed by atoms with Gasteiger partial charge < -0.3 is 18.9 Å². The van der Waals surface area contributed by atoms with Crippen LogP contribution in [0.15, 0.2) is 48.5 Å². The molecule has 4 rings (SSSR count). The summed E-state index contributed by atoms with van der Waals surface area (Å²) in [5, 5.41) is 0. The van der Waals surface area contributed by atoms with Crippen LogP contribution in [-0.4, -0.2) is 12.6 Å². The van der Waals surface area contributed by atoms with E-state index in [-0.39, 0.29) is 0 Å². The van der Waals surface area contributed by atoms with Gasteiger partial charge in [-0.3, -0.25) is 0 Å². The Morgan fingerprint density at radius 1 is 0.500 bits per heavy atom. The Kier molecular flexibility index (Phi) is 1.91. The van der Waals surface area contributed by atoms with Crippen LogP contribution in [0.2, 0.25) is 0 Å². The van der Waals surface area contributed by atoms with Crippen molar-refractivity contribution in [2.45, 2.75) is 12.6 Å². The van der Waals surface area contributed by atoms with Crippen LogP contribution in [0, 0.1) is 0 Å². The van der Waals surface area contributed by atoms with Crippen molar-refractivity contribution < 1.29 is 18.9 Å².